The number of aliphatic imine (C=N–C) groups is 1. The number of nitrogens with one attached hydrogen (secondary N) is 1. The van der Waals surface area contributed by atoms with Crippen molar-refractivity contribution < 1.29 is 9.47 Å². The summed E-state index contributed by atoms with van der Waals surface area (Å²) in [6.45, 7) is 6.03. The van der Waals surface area contributed by atoms with Crippen LogP contribution in [0.2, 0.25) is 0 Å². The van der Waals surface area contributed by atoms with Crippen molar-refractivity contribution in [2.45, 2.75) is 38.7 Å². The molecular weight excluding hydrogens is 218 g/mol. The van der Waals surface area contributed by atoms with Crippen molar-refractivity contribution in [3.05, 3.63) is 0 Å². The molecule has 1 saturated heterocycles. The second kappa shape index (κ2) is 9.24. The highest BCUT2D eigenvalue weighted by Crippen LogP contribution is 2.11. The lowest BCUT2D eigenvalue weighted by Crippen LogP contribution is -2.33. The van der Waals surface area contributed by atoms with Gasteiger partial charge in [-0.1, -0.05) is 6.92 Å². The topological polar surface area (TPSA) is 68.9 Å². The van der Waals surface area contributed by atoms with Gasteiger partial charge >= 0.3 is 0 Å². The minimum Gasteiger partial charge on any atom is -0.379 e. The third-order valence-electron chi connectivity index (χ3n) is 2.61. The molecule has 5 nitrogen and oxygen atoms in total. The van der Waals surface area contributed by atoms with Crippen LogP contribution in [0.25, 0.3) is 0 Å². The number of hydrogen-bond donors (Lipinski definition) is 2. The van der Waals surface area contributed by atoms with Crippen molar-refractivity contribution in [1.29, 1.82) is 0 Å². The van der Waals surface area contributed by atoms with E-state index < -0.39 is 0 Å². The fourth-order valence-electron chi connectivity index (χ4n) is 1.67. The van der Waals surface area contributed by atoms with E-state index >= 15 is 0 Å². The molecule has 5 heteroatoms. The fourth-order valence-corrected chi connectivity index (χ4v) is 1.67. The van der Waals surface area contributed by atoms with Gasteiger partial charge < -0.3 is 20.5 Å². The van der Waals surface area contributed by atoms with Gasteiger partial charge in [0.05, 0.1) is 12.7 Å². The molecule has 0 saturated carbocycles. The van der Waals surface area contributed by atoms with E-state index in [1.165, 1.54) is 6.42 Å². The first-order chi connectivity index (χ1) is 8.33. The van der Waals surface area contributed by atoms with Gasteiger partial charge in [0.15, 0.2) is 5.96 Å². The second-order valence-electron chi connectivity index (χ2n) is 4.26. The Labute approximate surface area is 104 Å². The van der Waals surface area contributed by atoms with Gasteiger partial charge in [0.1, 0.15) is 0 Å². The average molecular weight is 243 g/mol. The summed E-state index contributed by atoms with van der Waals surface area (Å²) in [7, 11) is 0. The molecule has 1 unspecified atom stereocenters. The van der Waals surface area contributed by atoms with Crippen LogP contribution in [0, 0.1) is 0 Å². The van der Waals surface area contributed by atoms with E-state index in [4.69, 9.17) is 15.2 Å². The molecule has 0 amide bonds. The van der Waals surface area contributed by atoms with Crippen LogP contribution in [-0.2, 0) is 9.47 Å². The summed E-state index contributed by atoms with van der Waals surface area (Å²) in [6, 6.07) is 0. The van der Waals surface area contributed by atoms with E-state index in [0.717, 1.165) is 52.2 Å². The molecule has 0 bridgehead atoms. The van der Waals surface area contributed by atoms with Crippen LogP contribution < -0.4 is 11.1 Å². The number of guanidine groups is 1. The molecule has 1 rings (SSSR count). The Morgan fingerprint density at radius 3 is 3.18 bits per heavy atom. The Kier molecular flexibility index (Phi) is 7.75. The monoisotopic (exact) mass is 243 g/mol. The Hall–Kier alpha value is -0.810. The number of nitrogens with zero attached hydrogens (tertiary/aromatic N) is 1. The van der Waals surface area contributed by atoms with Crippen LogP contribution in [0.4, 0.5) is 0 Å². The van der Waals surface area contributed by atoms with Crippen molar-refractivity contribution in [1.82, 2.24) is 5.32 Å². The van der Waals surface area contributed by atoms with E-state index in [1.807, 2.05) is 0 Å². The van der Waals surface area contributed by atoms with Crippen molar-refractivity contribution in [2.24, 2.45) is 10.7 Å². The summed E-state index contributed by atoms with van der Waals surface area (Å²) in [6.07, 6.45) is 4.58. The van der Waals surface area contributed by atoms with Crippen molar-refractivity contribution in [3.63, 3.8) is 0 Å². The number of nitrogens with two attached hydrogens (primary N) is 1. The first-order valence-electron chi connectivity index (χ1n) is 6.56. The van der Waals surface area contributed by atoms with Crippen LogP contribution in [0.3, 0.4) is 0 Å². The molecule has 0 spiro atoms. The van der Waals surface area contributed by atoms with Crippen LogP contribution in [-0.4, -0.2) is 45.0 Å². The molecule has 0 aliphatic carbocycles. The van der Waals surface area contributed by atoms with E-state index in [0.29, 0.717) is 12.1 Å². The van der Waals surface area contributed by atoms with E-state index in [-0.39, 0.29) is 0 Å². The van der Waals surface area contributed by atoms with Crippen molar-refractivity contribution in [2.75, 3.05) is 32.9 Å². The Balaban J connectivity index is 1.86. The molecule has 1 heterocycles. The van der Waals surface area contributed by atoms with Crippen molar-refractivity contribution in [3.8, 4) is 0 Å². The summed E-state index contributed by atoms with van der Waals surface area (Å²) >= 11 is 0. The SMILES string of the molecule is CCCN=C(N)NCCCOCC1CCCO1. The first kappa shape index (κ1) is 14.3. The molecule has 0 radical (unpaired) electrons. The summed E-state index contributed by atoms with van der Waals surface area (Å²) in [5.74, 6) is 0.533. The lowest BCUT2D eigenvalue weighted by molar-refractivity contribution is 0.0168. The van der Waals surface area contributed by atoms with Crippen LogP contribution >= 0.6 is 0 Å². The van der Waals surface area contributed by atoms with Gasteiger partial charge in [-0.05, 0) is 25.7 Å². The molecule has 1 atom stereocenters. The lowest BCUT2D eigenvalue weighted by atomic mass is 10.2. The van der Waals surface area contributed by atoms with Crippen LogP contribution in [0.1, 0.15) is 32.6 Å². The number of hydrogen-bond acceptors (Lipinski definition) is 3. The Morgan fingerprint density at radius 1 is 1.59 bits per heavy atom. The molecule has 17 heavy (non-hydrogen) atoms. The summed E-state index contributed by atoms with van der Waals surface area (Å²) in [5, 5.41) is 3.06. The van der Waals surface area contributed by atoms with Gasteiger partial charge in [-0.3, -0.25) is 4.99 Å². The maximum absolute atomic E-state index is 5.65. The van der Waals surface area contributed by atoms with Gasteiger partial charge in [0.25, 0.3) is 0 Å². The molecule has 100 valence electrons. The quantitative estimate of drug-likeness (QED) is 0.377. The smallest absolute Gasteiger partial charge is 0.188 e. The van der Waals surface area contributed by atoms with Gasteiger partial charge in [-0.2, -0.15) is 0 Å². The normalized spacial score (nSPS) is 20.8. The standard InChI is InChI=1S/C12H25N3O2/c1-2-6-14-12(13)15-7-4-8-16-10-11-5-3-9-17-11/h11H,2-10H2,1H3,(H3,13,14,15). The molecule has 1 fully saturated rings. The van der Waals surface area contributed by atoms with Crippen LogP contribution in [0.5, 0.6) is 0 Å². The minimum absolute atomic E-state index is 0.319. The van der Waals surface area contributed by atoms with E-state index in [9.17, 15) is 0 Å². The van der Waals surface area contributed by atoms with Gasteiger partial charge in [-0.25, -0.2) is 0 Å². The third kappa shape index (κ3) is 7.18. The number of rotatable bonds is 8. The highest BCUT2D eigenvalue weighted by molar-refractivity contribution is 5.77. The Morgan fingerprint density at radius 2 is 2.47 bits per heavy atom. The molecule has 1 aliphatic rings. The zero-order valence-corrected chi connectivity index (χ0v) is 10.8. The molecule has 0 aromatic rings. The zero-order chi connectivity index (χ0) is 12.3. The molecule has 1 aliphatic heterocycles. The maximum atomic E-state index is 5.65. The maximum Gasteiger partial charge on any atom is 0.188 e. The van der Waals surface area contributed by atoms with Gasteiger partial charge in [0.2, 0.25) is 0 Å². The lowest BCUT2D eigenvalue weighted by Gasteiger charge is -2.10. The summed E-state index contributed by atoms with van der Waals surface area (Å²) < 4.78 is 11.0. The van der Waals surface area contributed by atoms with Gasteiger partial charge in [-0.15, -0.1) is 0 Å². The van der Waals surface area contributed by atoms with E-state index in [2.05, 4.69) is 17.2 Å². The molecular formula is C12H25N3O2. The average Bonchev–Trinajstić information content (AvgIpc) is 2.84. The first-order valence-corrected chi connectivity index (χ1v) is 6.56. The third-order valence-corrected chi connectivity index (χ3v) is 2.61. The van der Waals surface area contributed by atoms with Gasteiger partial charge in [0, 0.05) is 26.3 Å². The minimum atomic E-state index is 0.319. The number of ether oxygens (including phenoxy) is 2. The van der Waals surface area contributed by atoms with E-state index in [1.54, 1.807) is 0 Å². The largest absolute Gasteiger partial charge is 0.379 e. The van der Waals surface area contributed by atoms with Crippen molar-refractivity contribution >= 4 is 5.96 Å². The summed E-state index contributed by atoms with van der Waals surface area (Å²) in [5.41, 5.74) is 5.65. The second-order valence-corrected chi connectivity index (χ2v) is 4.26. The highest BCUT2D eigenvalue weighted by atomic mass is 16.5. The Bertz CT molecular complexity index is 216. The van der Waals surface area contributed by atoms with Crippen LogP contribution in [0.15, 0.2) is 4.99 Å². The zero-order valence-electron chi connectivity index (χ0n) is 10.8. The molecule has 3 N–H and O–H groups in total. The highest BCUT2D eigenvalue weighted by Gasteiger charge is 2.14. The predicted molar refractivity (Wildman–Crippen MR) is 69.2 cm³/mol. The molecule has 0 aromatic carbocycles. The summed E-state index contributed by atoms with van der Waals surface area (Å²) in [4.78, 5) is 4.15. The fraction of sp³-hybridized carbons (Fsp3) is 0.917. The molecule has 0 aromatic heterocycles. The predicted octanol–water partition coefficient (Wildman–Crippen LogP) is 0.886.